The molecule has 0 bridgehead atoms. The predicted molar refractivity (Wildman–Crippen MR) is 287 cm³/mol. The molecule has 6 heterocycles. The second-order valence-electron chi connectivity index (χ2n) is 19.0. The second kappa shape index (κ2) is 24.5. The first-order valence-electron chi connectivity index (χ1n) is 24.2. The molecule has 3 N–H and O–H groups in total. The van der Waals surface area contributed by atoms with E-state index in [2.05, 4.69) is 120 Å². The Morgan fingerprint density at radius 3 is 1.67 bits per heavy atom. The lowest BCUT2D eigenvalue weighted by atomic mass is 9.99. The zero-order valence-corrected chi connectivity index (χ0v) is 44.0. The van der Waals surface area contributed by atoms with Crippen molar-refractivity contribution in [2.24, 2.45) is 0 Å². The molecule has 2 aliphatic heterocycles. The minimum atomic E-state index is -0.252. The van der Waals surface area contributed by atoms with E-state index < -0.39 is 0 Å². The van der Waals surface area contributed by atoms with E-state index >= 15 is 0 Å². The minimum Gasteiger partial charge on any atom is -0.324 e. The van der Waals surface area contributed by atoms with Gasteiger partial charge in [-0.05, 0) is 132 Å². The van der Waals surface area contributed by atoms with Gasteiger partial charge in [0, 0.05) is 91.2 Å². The van der Waals surface area contributed by atoms with Gasteiger partial charge in [-0.15, -0.1) is 17.0 Å². The van der Waals surface area contributed by atoms with Gasteiger partial charge in [-0.1, -0.05) is 53.7 Å². The normalized spacial score (nSPS) is 15.8. The van der Waals surface area contributed by atoms with Crippen LogP contribution in [0.4, 0.5) is 23.3 Å². The number of anilines is 4. The molecule has 4 aliphatic rings. The van der Waals surface area contributed by atoms with E-state index in [4.69, 9.17) is 4.98 Å². The first kappa shape index (κ1) is 52.2. The van der Waals surface area contributed by atoms with Crippen LogP contribution in [0.1, 0.15) is 96.8 Å². The van der Waals surface area contributed by atoms with E-state index in [0.29, 0.717) is 23.2 Å². The van der Waals surface area contributed by atoms with Gasteiger partial charge in [0.05, 0.1) is 0 Å². The van der Waals surface area contributed by atoms with Crippen molar-refractivity contribution in [1.82, 2.24) is 49.1 Å². The van der Waals surface area contributed by atoms with E-state index in [-0.39, 0.29) is 51.3 Å². The molecular weight excluding hydrogens is 1010 g/mol. The molecule has 70 heavy (non-hydrogen) atoms. The summed E-state index contributed by atoms with van der Waals surface area (Å²) in [6, 6.07) is 20.2. The third-order valence-electron chi connectivity index (χ3n) is 13.5. The highest BCUT2D eigenvalue weighted by atomic mass is 79.9. The fourth-order valence-electron chi connectivity index (χ4n) is 9.73. The molecule has 0 amide bonds. The fourth-order valence-corrected chi connectivity index (χ4v) is 10.4. The Morgan fingerprint density at radius 1 is 0.700 bits per heavy atom. The molecule has 16 nitrogen and oxygen atoms in total. The van der Waals surface area contributed by atoms with E-state index in [1.807, 2.05) is 18.2 Å². The van der Waals surface area contributed by atoms with Crippen molar-refractivity contribution in [2.75, 3.05) is 76.9 Å². The first-order valence-corrected chi connectivity index (χ1v) is 25.3. The van der Waals surface area contributed by atoms with Crippen molar-refractivity contribution in [1.29, 1.82) is 10.5 Å². The maximum Gasteiger partial charge on any atom is 0.270 e. The van der Waals surface area contributed by atoms with Crippen LogP contribution in [0.5, 0.6) is 0 Å². The van der Waals surface area contributed by atoms with Crippen LogP contribution in [0.2, 0.25) is 0 Å². The summed E-state index contributed by atoms with van der Waals surface area (Å²) in [5.74, 6) is 0.925. The average Bonchev–Trinajstić information content (AvgIpc) is 4.10. The lowest BCUT2D eigenvalue weighted by molar-refractivity contribution is 0.225. The van der Waals surface area contributed by atoms with Gasteiger partial charge in [0.25, 0.3) is 11.1 Å². The largest absolute Gasteiger partial charge is 0.324 e. The number of rotatable bonds is 11. The van der Waals surface area contributed by atoms with Crippen LogP contribution in [0.3, 0.4) is 0 Å². The number of pyridine rings is 2. The minimum absolute atomic E-state index is 0. The van der Waals surface area contributed by atoms with Crippen LogP contribution in [0, 0.1) is 22.7 Å². The molecule has 0 saturated heterocycles. The Balaban J connectivity index is 0.000000184. The van der Waals surface area contributed by atoms with Gasteiger partial charge in [0.15, 0.2) is 0 Å². The van der Waals surface area contributed by atoms with Crippen molar-refractivity contribution in [3.63, 3.8) is 0 Å². The number of likely N-dealkylation sites (N-methyl/N-ethyl adjacent to an activating group) is 1. The number of fused-ring (bicyclic) bond motifs is 4. The number of hydrogen-bond donors (Lipinski definition) is 3. The van der Waals surface area contributed by atoms with Crippen molar-refractivity contribution < 1.29 is 0 Å². The standard InChI is InChI=1S/C26H31N7O.C22H22N6O.C4H10BrN.BrH/c1-31(2)11-12-32-10-9-18-14-22(8-7-19(18)17-32)29-26-28-16-21-13-20(15-27)25(34)33(24(21)30-26)23-5-3-4-6-23;23-11-16-9-17-13-25-22(26-18-6-5-15-12-24-8-7-14(15)10-18)27-20(17)28(21(16)29)19-3-1-2-4-19;1-6(2)4-3-5;/h7-8,13-14,16,23H,3-6,9-12,17H2,1-2H3,(H,28,29,30);5-6,9-10,13,19,24H,1-4,7-8,12H2,(H,25,26,27);3-4H2,1-2H3;1H. The van der Waals surface area contributed by atoms with Gasteiger partial charge >= 0.3 is 0 Å². The predicted octanol–water partition coefficient (Wildman–Crippen LogP) is 8.13. The summed E-state index contributed by atoms with van der Waals surface area (Å²) < 4.78 is 3.44. The number of benzene rings is 2. The molecular formula is C52H64Br2N14O2. The summed E-state index contributed by atoms with van der Waals surface area (Å²) in [4.78, 5) is 51.1. The molecule has 2 fully saturated rings. The third kappa shape index (κ3) is 12.6. The highest BCUT2D eigenvalue weighted by Gasteiger charge is 2.25. The number of nitrogens with one attached hydrogen (secondary N) is 3. The van der Waals surface area contributed by atoms with E-state index in [1.54, 1.807) is 33.7 Å². The fraction of sp³-hybridized carbons (Fsp3) is 0.462. The summed E-state index contributed by atoms with van der Waals surface area (Å²) >= 11 is 3.31. The Kier molecular flexibility index (Phi) is 18.3. The molecule has 0 radical (unpaired) electrons. The van der Waals surface area contributed by atoms with Crippen molar-refractivity contribution >= 4 is 78.2 Å². The molecule has 10 rings (SSSR count). The Hall–Kier alpha value is -5.60. The summed E-state index contributed by atoms with van der Waals surface area (Å²) in [6.45, 7) is 7.19. The van der Waals surface area contributed by atoms with Gasteiger partial charge in [-0.25, -0.2) is 9.97 Å². The third-order valence-corrected chi connectivity index (χ3v) is 13.8. The van der Waals surface area contributed by atoms with E-state index in [9.17, 15) is 20.1 Å². The Labute approximate surface area is 429 Å². The summed E-state index contributed by atoms with van der Waals surface area (Å²) in [7, 11) is 8.34. The van der Waals surface area contributed by atoms with Crippen LogP contribution >= 0.6 is 32.9 Å². The van der Waals surface area contributed by atoms with Gasteiger partial charge in [-0.2, -0.15) is 20.5 Å². The van der Waals surface area contributed by atoms with Crippen molar-refractivity contribution in [3.8, 4) is 12.1 Å². The molecule has 368 valence electrons. The molecule has 2 aliphatic carbocycles. The number of halogens is 2. The lowest BCUT2D eigenvalue weighted by Gasteiger charge is -2.30. The topological polar surface area (TPSA) is 189 Å². The van der Waals surface area contributed by atoms with Gasteiger partial charge in [-0.3, -0.25) is 23.6 Å². The zero-order chi connectivity index (χ0) is 48.4. The summed E-state index contributed by atoms with van der Waals surface area (Å²) in [5, 5.41) is 31.3. The highest BCUT2D eigenvalue weighted by Crippen LogP contribution is 2.33. The monoisotopic (exact) mass is 1070 g/mol. The van der Waals surface area contributed by atoms with Crippen LogP contribution in [-0.2, 0) is 25.9 Å². The number of aromatic nitrogens is 6. The average molecular weight is 1080 g/mol. The maximum atomic E-state index is 13.0. The Bertz CT molecular complexity index is 2980. The molecule has 2 saturated carbocycles. The molecule has 2 aromatic carbocycles. The molecule has 0 spiro atoms. The quantitative estimate of drug-likeness (QED) is 0.106. The van der Waals surface area contributed by atoms with Crippen LogP contribution in [-0.4, -0.2) is 110 Å². The van der Waals surface area contributed by atoms with Crippen LogP contribution in [0.25, 0.3) is 22.1 Å². The maximum absolute atomic E-state index is 13.0. The number of hydrogen-bond acceptors (Lipinski definition) is 14. The molecule has 4 aromatic heterocycles. The van der Waals surface area contributed by atoms with Crippen LogP contribution < -0.4 is 27.1 Å². The summed E-state index contributed by atoms with van der Waals surface area (Å²) in [5.41, 5.74) is 8.26. The molecule has 6 aromatic rings. The number of alkyl halides is 1. The lowest BCUT2D eigenvalue weighted by Crippen LogP contribution is -2.35. The SMILES string of the molecule is Br.CN(C)CCBr.CN(C)CCN1CCc2cc(Nc3ncc4cc(C#N)c(=O)n(C5CCCC5)c4n3)ccc2C1.N#Cc1cc2cnc(Nc3ccc4c(c3)CCNC4)nc2n(C2CCCC2)c1=O. The first-order chi connectivity index (χ1) is 33.5. The van der Waals surface area contributed by atoms with Gasteiger partial charge < -0.3 is 25.8 Å². The molecule has 0 unspecified atom stereocenters. The van der Waals surface area contributed by atoms with E-state index in [0.717, 1.165) is 137 Å². The number of nitrogens with zero attached hydrogens (tertiary/aromatic N) is 11. The second-order valence-corrected chi connectivity index (χ2v) is 19.8. The molecule has 18 heteroatoms. The van der Waals surface area contributed by atoms with Crippen molar-refractivity contribution in [2.45, 2.75) is 89.4 Å². The number of nitriles is 2. The van der Waals surface area contributed by atoms with Gasteiger partial charge in [0.1, 0.15) is 34.6 Å². The molecule has 0 atom stereocenters. The van der Waals surface area contributed by atoms with Crippen molar-refractivity contribution in [3.05, 3.63) is 115 Å². The Morgan fingerprint density at radius 2 is 1.20 bits per heavy atom. The smallest absolute Gasteiger partial charge is 0.270 e. The van der Waals surface area contributed by atoms with E-state index in [1.165, 1.54) is 22.3 Å². The van der Waals surface area contributed by atoms with Crippen LogP contribution in [0.15, 0.2) is 70.5 Å². The van der Waals surface area contributed by atoms with Gasteiger partial charge in [0.2, 0.25) is 11.9 Å². The highest BCUT2D eigenvalue weighted by molar-refractivity contribution is 9.09. The summed E-state index contributed by atoms with van der Waals surface area (Å²) in [6.07, 6.45) is 13.5. The zero-order valence-electron chi connectivity index (χ0n) is 40.7.